The summed E-state index contributed by atoms with van der Waals surface area (Å²) in [5, 5.41) is 13.2. The van der Waals surface area contributed by atoms with E-state index in [1.165, 1.54) is 24.9 Å². The van der Waals surface area contributed by atoms with Crippen LogP contribution in [0, 0.1) is 5.82 Å². The third kappa shape index (κ3) is 6.73. The Morgan fingerprint density at radius 3 is 2.56 bits per heavy atom. The van der Waals surface area contributed by atoms with Crippen molar-refractivity contribution in [3.8, 4) is 17.0 Å². The number of imidazole rings is 1. The standard InChI is InChI=1S/C35H43FN6O3/c1-40(2)20-21-41-18-15-23(16-19-41)24-8-13-29-30(22-24)42(25-9-11-26(43)12-10-25)35(38-29)39-34(44)28-14-17-37-33(32(28)36)27-6-4-5-7-31(27)45-3/h4-8,13-14,17,22-23,25-26,43H,9-12,15-16,18-21H2,1-3H3,(H,38,39,44). The lowest BCUT2D eigenvalue weighted by molar-refractivity contribution is 0.101. The van der Waals surface area contributed by atoms with E-state index in [1.807, 2.05) is 6.07 Å². The Morgan fingerprint density at radius 2 is 1.82 bits per heavy atom. The highest BCUT2D eigenvalue weighted by atomic mass is 19.1. The van der Waals surface area contributed by atoms with Gasteiger partial charge in [0.05, 0.1) is 29.8 Å². The highest BCUT2D eigenvalue weighted by Gasteiger charge is 2.28. The molecule has 45 heavy (non-hydrogen) atoms. The van der Waals surface area contributed by atoms with Gasteiger partial charge < -0.3 is 24.2 Å². The topological polar surface area (TPSA) is 95.7 Å². The number of ether oxygens (including phenoxy) is 1. The van der Waals surface area contributed by atoms with Gasteiger partial charge in [0.2, 0.25) is 5.95 Å². The molecule has 0 atom stereocenters. The summed E-state index contributed by atoms with van der Waals surface area (Å²) in [4.78, 5) is 27.5. The second kappa shape index (κ2) is 13.6. The Balaban J connectivity index is 1.30. The zero-order valence-electron chi connectivity index (χ0n) is 26.4. The number of halogens is 1. The Kier molecular flexibility index (Phi) is 9.44. The monoisotopic (exact) mass is 614 g/mol. The first-order valence-electron chi connectivity index (χ1n) is 16.0. The average molecular weight is 615 g/mol. The fraction of sp³-hybridized carbons (Fsp3) is 0.457. The van der Waals surface area contributed by atoms with E-state index in [1.54, 1.807) is 24.3 Å². The Bertz CT molecular complexity index is 1640. The Labute approximate surface area is 264 Å². The first-order valence-corrected chi connectivity index (χ1v) is 16.0. The lowest BCUT2D eigenvalue weighted by Crippen LogP contribution is -2.37. The van der Waals surface area contributed by atoms with E-state index in [4.69, 9.17) is 9.72 Å². The van der Waals surface area contributed by atoms with E-state index >= 15 is 4.39 Å². The van der Waals surface area contributed by atoms with Crippen molar-refractivity contribution >= 4 is 22.9 Å². The number of hydrogen-bond donors (Lipinski definition) is 2. The summed E-state index contributed by atoms with van der Waals surface area (Å²) in [6, 6.07) is 14.9. The number of carbonyl (C=O) groups excluding carboxylic acids is 1. The van der Waals surface area contributed by atoms with Gasteiger partial charge >= 0.3 is 0 Å². The molecule has 2 aromatic heterocycles. The number of hydrogen-bond acceptors (Lipinski definition) is 7. The number of carbonyl (C=O) groups is 1. The third-order valence-corrected chi connectivity index (χ3v) is 9.39. The minimum absolute atomic E-state index is 0.0484. The van der Waals surface area contributed by atoms with Crippen molar-refractivity contribution in [2.24, 2.45) is 0 Å². The molecule has 2 fully saturated rings. The number of methoxy groups -OCH3 is 1. The molecule has 1 aliphatic carbocycles. The molecule has 0 bridgehead atoms. The van der Waals surface area contributed by atoms with Gasteiger partial charge in [0.1, 0.15) is 11.4 Å². The third-order valence-electron chi connectivity index (χ3n) is 9.39. The number of amides is 1. The molecule has 0 spiro atoms. The van der Waals surface area contributed by atoms with Crippen molar-refractivity contribution in [1.29, 1.82) is 0 Å². The summed E-state index contributed by atoms with van der Waals surface area (Å²) >= 11 is 0. The predicted molar refractivity (Wildman–Crippen MR) is 174 cm³/mol. The first-order chi connectivity index (χ1) is 21.8. The normalized spacial score (nSPS) is 19.7. The van der Waals surface area contributed by atoms with Crippen LogP contribution in [0.1, 0.15) is 66.4 Å². The fourth-order valence-corrected chi connectivity index (χ4v) is 6.79. The van der Waals surface area contributed by atoms with E-state index in [0.717, 1.165) is 62.9 Å². The minimum Gasteiger partial charge on any atom is -0.496 e. The van der Waals surface area contributed by atoms with Crippen LogP contribution in [-0.2, 0) is 0 Å². The van der Waals surface area contributed by atoms with E-state index in [2.05, 4.69) is 50.9 Å². The van der Waals surface area contributed by atoms with Gasteiger partial charge in [-0.15, -0.1) is 0 Å². The molecular formula is C35H43FN6O3. The van der Waals surface area contributed by atoms with Crippen molar-refractivity contribution in [3.05, 3.63) is 71.7 Å². The van der Waals surface area contributed by atoms with Crippen LogP contribution in [0.5, 0.6) is 5.75 Å². The Hall–Kier alpha value is -3.86. The number of likely N-dealkylation sites (tertiary alicyclic amines) is 1. The summed E-state index contributed by atoms with van der Waals surface area (Å²) in [7, 11) is 5.74. The maximum atomic E-state index is 15.9. The fourth-order valence-electron chi connectivity index (χ4n) is 6.79. The average Bonchev–Trinajstić information content (AvgIpc) is 3.41. The molecule has 4 aromatic rings. The molecule has 0 unspecified atom stereocenters. The molecule has 3 heterocycles. The second-order valence-corrected chi connectivity index (χ2v) is 12.6. The Morgan fingerprint density at radius 1 is 1.07 bits per heavy atom. The zero-order chi connectivity index (χ0) is 31.5. The maximum Gasteiger partial charge on any atom is 0.261 e. The number of pyridine rings is 1. The van der Waals surface area contributed by atoms with Crippen LogP contribution in [0.3, 0.4) is 0 Å². The van der Waals surface area contributed by atoms with Gasteiger partial charge in [-0.05, 0) is 108 Å². The van der Waals surface area contributed by atoms with Crippen molar-refractivity contribution < 1.29 is 19.0 Å². The molecule has 2 aromatic carbocycles. The molecule has 1 amide bonds. The van der Waals surface area contributed by atoms with E-state index in [0.29, 0.717) is 36.0 Å². The highest BCUT2D eigenvalue weighted by Crippen LogP contribution is 2.37. The molecule has 0 radical (unpaired) electrons. The van der Waals surface area contributed by atoms with Crippen LogP contribution in [0.4, 0.5) is 10.3 Å². The quantitative estimate of drug-likeness (QED) is 0.249. The number of fused-ring (bicyclic) bond motifs is 1. The number of anilines is 1. The summed E-state index contributed by atoms with van der Waals surface area (Å²) in [5.74, 6) is 0.00435. The SMILES string of the molecule is COc1ccccc1-c1nccc(C(=O)Nc2nc3ccc(C4CCN(CCN(C)C)CC4)cc3n2C2CCC(O)CC2)c1F. The van der Waals surface area contributed by atoms with Crippen molar-refractivity contribution in [2.45, 2.75) is 56.6 Å². The van der Waals surface area contributed by atoms with Crippen LogP contribution >= 0.6 is 0 Å². The first kappa shape index (κ1) is 31.1. The van der Waals surface area contributed by atoms with Crippen molar-refractivity contribution in [1.82, 2.24) is 24.3 Å². The van der Waals surface area contributed by atoms with E-state index in [-0.39, 0.29) is 23.4 Å². The van der Waals surface area contributed by atoms with Crippen LogP contribution < -0.4 is 10.1 Å². The van der Waals surface area contributed by atoms with E-state index < -0.39 is 11.7 Å². The van der Waals surface area contributed by atoms with Gasteiger partial charge in [0.25, 0.3) is 5.91 Å². The summed E-state index contributed by atoms with van der Waals surface area (Å²) in [6.45, 7) is 4.30. The maximum absolute atomic E-state index is 15.9. The molecule has 2 N–H and O–H groups in total. The van der Waals surface area contributed by atoms with Gasteiger partial charge in [0.15, 0.2) is 5.82 Å². The smallest absolute Gasteiger partial charge is 0.261 e. The lowest BCUT2D eigenvalue weighted by Gasteiger charge is -2.33. The molecule has 1 saturated heterocycles. The molecule has 9 nitrogen and oxygen atoms in total. The van der Waals surface area contributed by atoms with Crippen molar-refractivity contribution in [3.63, 3.8) is 0 Å². The van der Waals surface area contributed by atoms with Gasteiger partial charge in [-0.3, -0.25) is 15.1 Å². The molecule has 1 saturated carbocycles. The largest absolute Gasteiger partial charge is 0.496 e. The van der Waals surface area contributed by atoms with Crippen LogP contribution in [-0.4, -0.2) is 88.8 Å². The zero-order valence-corrected chi connectivity index (χ0v) is 26.4. The van der Waals surface area contributed by atoms with Crippen LogP contribution in [0.15, 0.2) is 54.7 Å². The molecular weight excluding hydrogens is 571 g/mol. The molecule has 10 heteroatoms. The number of nitrogens with zero attached hydrogens (tertiary/aromatic N) is 5. The van der Waals surface area contributed by atoms with Crippen LogP contribution in [0.25, 0.3) is 22.3 Å². The van der Waals surface area contributed by atoms with E-state index in [9.17, 15) is 9.90 Å². The van der Waals surface area contributed by atoms with Crippen LogP contribution in [0.2, 0.25) is 0 Å². The number of likely N-dealkylation sites (N-methyl/N-ethyl adjacent to an activating group) is 1. The number of rotatable bonds is 9. The van der Waals surface area contributed by atoms with Gasteiger partial charge in [0, 0.05) is 30.9 Å². The van der Waals surface area contributed by atoms with Crippen molar-refractivity contribution in [2.75, 3.05) is 52.7 Å². The predicted octanol–water partition coefficient (Wildman–Crippen LogP) is 5.72. The lowest BCUT2D eigenvalue weighted by atomic mass is 9.89. The van der Waals surface area contributed by atoms with Gasteiger partial charge in [-0.1, -0.05) is 18.2 Å². The number of para-hydroxylation sites is 1. The number of aromatic nitrogens is 3. The number of aliphatic hydroxyl groups is 1. The highest BCUT2D eigenvalue weighted by molar-refractivity contribution is 6.05. The summed E-state index contributed by atoms with van der Waals surface area (Å²) in [6.07, 6.45) is 6.22. The number of benzene rings is 2. The van der Waals surface area contributed by atoms with Gasteiger partial charge in [-0.2, -0.15) is 0 Å². The number of piperidine rings is 1. The molecule has 1 aliphatic heterocycles. The summed E-state index contributed by atoms with van der Waals surface area (Å²) < 4.78 is 23.4. The molecule has 2 aliphatic rings. The molecule has 238 valence electrons. The van der Waals surface area contributed by atoms with Gasteiger partial charge in [-0.25, -0.2) is 9.37 Å². The minimum atomic E-state index is -0.720. The molecule has 6 rings (SSSR count). The number of nitrogens with one attached hydrogen (secondary N) is 1. The second-order valence-electron chi connectivity index (χ2n) is 12.6. The summed E-state index contributed by atoms with van der Waals surface area (Å²) in [5.41, 5.74) is 3.43. The number of aliphatic hydroxyl groups excluding tert-OH is 1.